The standard InChI is InChI=1S/C14H21FN2O/c1-11-9-16-10-12(2)17(11)7-8-18-14-5-3-13(15)4-6-14/h3-6,11-12,16H,7-10H2,1-2H3. The highest BCUT2D eigenvalue weighted by molar-refractivity contribution is 5.21. The molecule has 1 fully saturated rings. The summed E-state index contributed by atoms with van der Waals surface area (Å²) < 4.78 is 18.4. The van der Waals surface area contributed by atoms with Crippen molar-refractivity contribution in [2.24, 2.45) is 0 Å². The molecule has 2 atom stereocenters. The highest BCUT2D eigenvalue weighted by Gasteiger charge is 2.23. The van der Waals surface area contributed by atoms with Gasteiger partial charge in [0.05, 0.1) is 0 Å². The predicted molar refractivity (Wildman–Crippen MR) is 70.4 cm³/mol. The zero-order valence-electron chi connectivity index (χ0n) is 11.0. The normalized spacial score (nSPS) is 25.1. The van der Waals surface area contributed by atoms with E-state index >= 15 is 0 Å². The van der Waals surface area contributed by atoms with E-state index in [0.29, 0.717) is 18.7 Å². The van der Waals surface area contributed by atoms with Gasteiger partial charge in [-0.1, -0.05) is 0 Å². The molecule has 100 valence electrons. The van der Waals surface area contributed by atoms with Crippen LogP contribution >= 0.6 is 0 Å². The molecule has 2 unspecified atom stereocenters. The molecule has 0 radical (unpaired) electrons. The molecule has 0 spiro atoms. The van der Waals surface area contributed by atoms with Crippen LogP contribution in [0, 0.1) is 5.82 Å². The van der Waals surface area contributed by atoms with Gasteiger partial charge in [0.15, 0.2) is 0 Å². The summed E-state index contributed by atoms with van der Waals surface area (Å²) in [5.74, 6) is 0.499. The van der Waals surface area contributed by atoms with Crippen molar-refractivity contribution in [1.29, 1.82) is 0 Å². The van der Waals surface area contributed by atoms with Crippen LogP contribution in [0.25, 0.3) is 0 Å². The predicted octanol–water partition coefficient (Wildman–Crippen LogP) is 1.89. The van der Waals surface area contributed by atoms with Crippen molar-refractivity contribution in [3.63, 3.8) is 0 Å². The van der Waals surface area contributed by atoms with Gasteiger partial charge in [-0.3, -0.25) is 4.90 Å². The van der Waals surface area contributed by atoms with Gasteiger partial charge in [-0.25, -0.2) is 4.39 Å². The number of piperazine rings is 1. The van der Waals surface area contributed by atoms with Crippen LogP contribution in [-0.4, -0.2) is 43.2 Å². The molecule has 4 heteroatoms. The maximum Gasteiger partial charge on any atom is 0.123 e. The van der Waals surface area contributed by atoms with Gasteiger partial charge in [0, 0.05) is 31.7 Å². The molecule has 0 aliphatic carbocycles. The van der Waals surface area contributed by atoms with E-state index in [1.807, 2.05) is 0 Å². The van der Waals surface area contributed by atoms with Gasteiger partial charge in [0.1, 0.15) is 18.2 Å². The summed E-state index contributed by atoms with van der Waals surface area (Å²) in [4.78, 5) is 2.44. The van der Waals surface area contributed by atoms with E-state index in [0.717, 1.165) is 25.4 Å². The van der Waals surface area contributed by atoms with Crippen LogP contribution in [0.4, 0.5) is 4.39 Å². The molecule has 1 aliphatic heterocycles. The minimum atomic E-state index is -0.230. The molecule has 0 bridgehead atoms. The summed E-state index contributed by atoms with van der Waals surface area (Å²) in [5.41, 5.74) is 0. The topological polar surface area (TPSA) is 24.5 Å². The number of nitrogens with zero attached hydrogens (tertiary/aromatic N) is 1. The molecular weight excluding hydrogens is 231 g/mol. The Balaban J connectivity index is 1.79. The number of nitrogens with one attached hydrogen (secondary N) is 1. The van der Waals surface area contributed by atoms with Crippen LogP contribution < -0.4 is 10.1 Å². The van der Waals surface area contributed by atoms with E-state index in [9.17, 15) is 4.39 Å². The fraction of sp³-hybridized carbons (Fsp3) is 0.571. The lowest BCUT2D eigenvalue weighted by molar-refractivity contribution is 0.0966. The minimum absolute atomic E-state index is 0.230. The minimum Gasteiger partial charge on any atom is -0.492 e. The second-order valence-electron chi connectivity index (χ2n) is 4.90. The van der Waals surface area contributed by atoms with Gasteiger partial charge in [-0.05, 0) is 38.1 Å². The van der Waals surface area contributed by atoms with Gasteiger partial charge in [0.25, 0.3) is 0 Å². The third-order valence-corrected chi connectivity index (χ3v) is 3.44. The van der Waals surface area contributed by atoms with Crippen molar-refractivity contribution in [2.75, 3.05) is 26.2 Å². The molecule has 0 saturated carbocycles. The monoisotopic (exact) mass is 252 g/mol. The first-order valence-corrected chi connectivity index (χ1v) is 6.51. The molecule has 1 aromatic rings. The third-order valence-electron chi connectivity index (χ3n) is 3.44. The molecule has 0 amide bonds. The first kappa shape index (κ1) is 13.3. The van der Waals surface area contributed by atoms with E-state index in [1.165, 1.54) is 12.1 Å². The Morgan fingerprint density at radius 3 is 2.44 bits per heavy atom. The molecular formula is C14H21FN2O. The Morgan fingerprint density at radius 1 is 1.22 bits per heavy atom. The Bertz CT molecular complexity index is 359. The summed E-state index contributed by atoms with van der Waals surface area (Å²) in [6.07, 6.45) is 0. The molecule has 1 heterocycles. The SMILES string of the molecule is CC1CNCC(C)N1CCOc1ccc(F)cc1. The van der Waals surface area contributed by atoms with Gasteiger partial charge in [0.2, 0.25) is 0 Å². The fourth-order valence-electron chi connectivity index (χ4n) is 2.41. The largest absolute Gasteiger partial charge is 0.492 e. The number of benzene rings is 1. The van der Waals surface area contributed by atoms with Crippen LogP contribution in [0.15, 0.2) is 24.3 Å². The van der Waals surface area contributed by atoms with Crippen LogP contribution in [-0.2, 0) is 0 Å². The Kier molecular flexibility index (Phi) is 4.55. The molecule has 1 aromatic carbocycles. The van der Waals surface area contributed by atoms with Gasteiger partial charge >= 0.3 is 0 Å². The van der Waals surface area contributed by atoms with E-state index in [1.54, 1.807) is 12.1 Å². The summed E-state index contributed by atoms with van der Waals surface area (Å²) in [6.45, 7) is 8.05. The maximum absolute atomic E-state index is 12.7. The highest BCUT2D eigenvalue weighted by Crippen LogP contribution is 2.12. The molecule has 1 saturated heterocycles. The van der Waals surface area contributed by atoms with Crippen LogP contribution in [0.1, 0.15) is 13.8 Å². The Hall–Kier alpha value is -1.13. The van der Waals surface area contributed by atoms with E-state index in [4.69, 9.17) is 4.74 Å². The van der Waals surface area contributed by atoms with Crippen LogP contribution in [0.2, 0.25) is 0 Å². The summed E-state index contributed by atoms with van der Waals surface area (Å²) in [6, 6.07) is 7.24. The zero-order valence-corrected chi connectivity index (χ0v) is 11.0. The number of ether oxygens (including phenoxy) is 1. The Morgan fingerprint density at radius 2 is 1.83 bits per heavy atom. The number of hydrogen-bond donors (Lipinski definition) is 1. The molecule has 18 heavy (non-hydrogen) atoms. The second-order valence-corrected chi connectivity index (χ2v) is 4.90. The zero-order chi connectivity index (χ0) is 13.0. The Labute approximate surface area is 108 Å². The van der Waals surface area contributed by atoms with Gasteiger partial charge in [-0.15, -0.1) is 0 Å². The maximum atomic E-state index is 12.7. The number of hydrogen-bond acceptors (Lipinski definition) is 3. The number of rotatable bonds is 4. The van der Waals surface area contributed by atoms with E-state index in [2.05, 4.69) is 24.1 Å². The van der Waals surface area contributed by atoms with Crippen molar-refractivity contribution in [1.82, 2.24) is 10.2 Å². The third kappa shape index (κ3) is 3.43. The van der Waals surface area contributed by atoms with Gasteiger partial charge < -0.3 is 10.1 Å². The summed E-state index contributed by atoms with van der Waals surface area (Å²) in [7, 11) is 0. The van der Waals surface area contributed by atoms with Crippen molar-refractivity contribution in [3.8, 4) is 5.75 Å². The first-order chi connectivity index (χ1) is 8.66. The molecule has 1 N–H and O–H groups in total. The van der Waals surface area contributed by atoms with Crippen molar-refractivity contribution >= 4 is 0 Å². The fourth-order valence-corrected chi connectivity index (χ4v) is 2.41. The molecule has 1 aliphatic rings. The smallest absolute Gasteiger partial charge is 0.123 e. The molecule has 0 aromatic heterocycles. The summed E-state index contributed by atoms with van der Waals surface area (Å²) >= 11 is 0. The average Bonchev–Trinajstić information content (AvgIpc) is 2.35. The van der Waals surface area contributed by atoms with E-state index < -0.39 is 0 Å². The van der Waals surface area contributed by atoms with E-state index in [-0.39, 0.29) is 5.82 Å². The lowest BCUT2D eigenvalue weighted by atomic mass is 10.1. The molecule has 2 rings (SSSR count). The quantitative estimate of drug-likeness (QED) is 0.885. The molecule has 3 nitrogen and oxygen atoms in total. The highest BCUT2D eigenvalue weighted by atomic mass is 19.1. The van der Waals surface area contributed by atoms with Crippen LogP contribution in [0.5, 0.6) is 5.75 Å². The van der Waals surface area contributed by atoms with Crippen molar-refractivity contribution < 1.29 is 9.13 Å². The average molecular weight is 252 g/mol. The summed E-state index contributed by atoms with van der Waals surface area (Å²) in [5, 5.41) is 3.40. The first-order valence-electron chi connectivity index (χ1n) is 6.51. The second kappa shape index (κ2) is 6.16. The van der Waals surface area contributed by atoms with Gasteiger partial charge in [-0.2, -0.15) is 0 Å². The van der Waals surface area contributed by atoms with Crippen molar-refractivity contribution in [3.05, 3.63) is 30.1 Å². The van der Waals surface area contributed by atoms with Crippen LogP contribution in [0.3, 0.4) is 0 Å². The lowest BCUT2D eigenvalue weighted by Crippen LogP contribution is -2.55. The number of halogens is 1. The van der Waals surface area contributed by atoms with Crippen molar-refractivity contribution in [2.45, 2.75) is 25.9 Å². The lowest BCUT2D eigenvalue weighted by Gasteiger charge is -2.39.